The minimum Gasteiger partial charge on any atom is -0.497 e. The Balaban J connectivity index is 2.35. The van der Waals surface area contributed by atoms with Crippen molar-refractivity contribution in [3.63, 3.8) is 0 Å². The Bertz CT molecular complexity index is 1060. The summed E-state index contributed by atoms with van der Waals surface area (Å²) in [4.78, 5) is 13.6. The average Bonchev–Trinajstić information content (AvgIpc) is 3.06. The van der Waals surface area contributed by atoms with Crippen LogP contribution in [0, 0.1) is 11.2 Å². The molecule has 2 aromatic carbocycles. The molecule has 0 unspecified atom stereocenters. The average molecular weight is 505 g/mol. The van der Waals surface area contributed by atoms with Crippen LogP contribution in [0.3, 0.4) is 0 Å². The monoisotopic (exact) mass is 504 g/mol. The molecule has 1 aliphatic heterocycles. The number of nitrogens with one attached hydrogen (secondary N) is 1. The van der Waals surface area contributed by atoms with E-state index in [1.165, 1.54) is 6.07 Å². The van der Waals surface area contributed by atoms with Gasteiger partial charge in [0.05, 0.1) is 7.11 Å². The van der Waals surface area contributed by atoms with Crippen LogP contribution in [-0.2, 0) is 14.9 Å². The van der Waals surface area contributed by atoms with Crippen LogP contribution in [0.5, 0.6) is 5.75 Å². The van der Waals surface area contributed by atoms with Gasteiger partial charge in [-0.3, -0.25) is 4.79 Å². The Kier molecular flexibility index (Phi) is 7.90. The summed E-state index contributed by atoms with van der Waals surface area (Å²) in [5, 5.41) is 4.02. The van der Waals surface area contributed by atoms with Crippen molar-refractivity contribution in [1.82, 2.24) is 5.32 Å². The molecule has 0 radical (unpaired) electrons. The number of halogens is 2. The molecule has 0 spiro atoms. The van der Waals surface area contributed by atoms with Crippen LogP contribution >= 0.6 is 11.6 Å². The number of carbonyl (C=O) groups is 1. The molecule has 3 rings (SSSR count). The molecule has 1 fully saturated rings. The second kappa shape index (κ2) is 10.1. The first-order valence-corrected chi connectivity index (χ1v) is 12.4. The highest BCUT2D eigenvalue weighted by atomic mass is 35.5. The van der Waals surface area contributed by atoms with Crippen LogP contribution in [-0.4, -0.2) is 37.3 Å². The van der Waals surface area contributed by atoms with Gasteiger partial charge in [0.1, 0.15) is 23.2 Å². The summed E-state index contributed by atoms with van der Waals surface area (Å²) in [5.41, 5.74) is 5.88. The molecule has 0 aromatic heterocycles. The van der Waals surface area contributed by atoms with Crippen molar-refractivity contribution in [1.29, 1.82) is 0 Å². The zero-order chi connectivity index (χ0) is 26.2. The Morgan fingerprint density at radius 3 is 2.34 bits per heavy atom. The van der Waals surface area contributed by atoms with Gasteiger partial charge in [0, 0.05) is 34.5 Å². The molecule has 0 bridgehead atoms. The Morgan fingerprint density at radius 1 is 1.14 bits per heavy atom. The zero-order valence-electron chi connectivity index (χ0n) is 21.7. The van der Waals surface area contributed by atoms with Crippen LogP contribution in [0.1, 0.15) is 65.0 Å². The number of hydrogen-bond acceptors (Lipinski definition) is 5. The van der Waals surface area contributed by atoms with E-state index in [9.17, 15) is 4.79 Å². The summed E-state index contributed by atoms with van der Waals surface area (Å²) in [6, 6.07) is 10.9. The number of rotatable bonds is 6. The number of hydrogen-bond donors (Lipinski definition) is 2. The minimum atomic E-state index is -1.00. The van der Waals surface area contributed by atoms with Gasteiger partial charge in [-0.25, -0.2) is 4.39 Å². The number of carbonyl (C=O) groups excluding carboxylic acids is 1. The van der Waals surface area contributed by atoms with E-state index in [1.54, 1.807) is 25.3 Å². The quantitative estimate of drug-likeness (QED) is 0.502. The van der Waals surface area contributed by atoms with Crippen molar-refractivity contribution in [2.45, 2.75) is 77.0 Å². The minimum absolute atomic E-state index is 0.0834. The predicted octanol–water partition coefficient (Wildman–Crippen LogP) is 5.59. The van der Waals surface area contributed by atoms with Crippen molar-refractivity contribution < 1.29 is 18.7 Å². The smallest absolute Gasteiger partial charge is 0.324 e. The first-order valence-electron chi connectivity index (χ1n) is 12.0. The third-order valence-electron chi connectivity index (χ3n) is 6.62. The summed E-state index contributed by atoms with van der Waals surface area (Å²) < 4.78 is 27.0. The first kappa shape index (κ1) is 27.4. The molecule has 5 nitrogen and oxygen atoms in total. The normalized spacial score (nSPS) is 24.9. The van der Waals surface area contributed by atoms with Gasteiger partial charge in [0.2, 0.25) is 0 Å². The Labute approximate surface area is 213 Å². The van der Waals surface area contributed by atoms with Crippen molar-refractivity contribution in [2.24, 2.45) is 11.1 Å². The molecule has 0 aliphatic carbocycles. The maximum atomic E-state index is 15.7. The molecule has 192 valence electrons. The van der Waals surface area contributed by atoms with E-state index in [0.717, 1.165) is 5.56 Å². The molecule has 1 heterocycles. The SMILES string of the molecule is COc1ccc(F)c([C@@]2(CN)[C@H](CC(C)(C)C)N[C@@H](C(=O)OC(C)(C)C)[C@@H]2c2ccccc2Cl)c1. The highest BCUT2D eigenvalue weighted by molar-refractivity contribution is 6.31. The van der Waals surface area contributed by atoms with E-state index in [0.29, 0.717) is 22.8 Å². The number of benzene rings is 2. The van der Waals surface area contributed by atoms with E-state index < -0.39 is 34.8 Å². The summed E-state index contributed by atoms with van der Waals surface area (Å²) in [7, 11) is 1.54. The summed E-state index contributed by atoms with van der Waals surface area (Å²) in [5.74, 6) is -0.883. The van der Waals surface area contributed by atoms with E-state index in [4.69, 9.17) is 26.8 Å². The third-order valence-corrected chi connectivity index (χ3v) is 6.97. The van der Waals surface area contributed by atoms with Crippen molar-refractivity contribution in [3.8, 4) is 5.75 Å². The van der Waals surface area contributed by atoms with Crippen LogP contribution in [0.4, 0.5) is 4.39 Å². The van der Waals surface area contributed by atoms with E-state index in [2.05, 4.69) is 26.1 Å². The van der Waals surface area contributed by atoms with Crippen LogP contribution in [0.25, 0.3) is 0 Å². The molecule has 2 aromatic rings. The maximum absolute atomic E-state index is 15.7. The molecule has 3 N–H and O–H groups in total. The van der Waals surface area contributed by atoms with Crippen LogP contribution < -0.4 is 15.8 Å². The lowest BCUT2D eigenvalue weighted by molar-refractivity contribution is -0.157. The predicted molar refractivity (Wildman–Crippen MR) is 139 cm³/mol. The molecule has 35 heavy (non-hydrogen) atoms. The third kappa shape index (κ3) is 5.65. The van der Waals surface area contributed by atoms with Gasteiger partial charge in [-0.15, -0.1) is 0 Å². The summed E-state index contributed by atoms with van der Waals surface area (Å²) >= 11 is 6.72. The Morgan fingerprint density at radius 2 is 1.80 bits per heavy atom. The summed E-state index contributed by atoms with van der Waals surface area (Å²) in [6.45, 7) is 11.9. The van der Waals surface area contributed by atoms with Gasteiger partial charge in [0.25, 0.3) is 0 Å². The second-order valence-electron chi connectivity index (χ2n) is 11.6. The zero-order valence-corrected chi connectivity index (χ0v) is 22.5. The van der Waals surface area contributed by atoms with Crippen LogP contribution in [0.2, 0.25) is 5.02 Å². The molecule has 7 heteroatoms. The number of nitrogens with two attached hydrogens (primary N) is 1. The lowest BCUT2D eigenvalue weighted by atomic mass is 9.62. The molecule has 4 atom stereocenters. The lowest BCUT2D eigenvalue weighted by Crippen LogP contribution is -2.50. The highest BCUT2D eigenvalue weighted by Crippen LogP contribution is 2.53. The molecular formula is C28H38ClFN2O3. The van der Waals surface area contributed by atoms with Crippen molar-refractivity contribution in [3.05, 3.63) is 64.4 Å². The summed E-state index contributed by atoms with van der Waals surface area (Å²) in [6.07, 6.45) is 0.640. The van der Waals surface area contributed by atoms with Gasteiger partial charge in [-0.05, 0) is 62.4 Å². The fraction of sp³-hybridized carbons (Fsp3) is 0.536. The van der Waals surface area contributed by atoms with Crippen LogP contribution in [0.15, 0.2) is 42.5 Å². The topological polar surface area (TPSA) is 73.6 Å². The van der Waals surface area contributed by atoms with Gasteiger partial charge in [-0.2, -0.15) is 0 Å². The van der Waals surface area contributed by atoms with E-state index in [-0.39, 0.29) is 18.0 Å². The lowest BCUT2D eigenvalue weighted by Gasteiger charge is -2.42. The van der Waals surface area contributed by atoms with Crippen molar-refractivity contribution >= 4 is 17.6 Å². The fourth-order valence-corrected chi connectivity index (χ4v) is 5.56. The number of esters is 1. The Hall–Kier alpha value is -2.15. The maximum Gasteiger partial charge on any atom is 0.324 e. The van der Waals surface area contributed by atoms with E-state index in [1.807, 2.05) is 39.0 Å². The van der Waals surface area contributed by atoms with Gasteiger partial charge in [-0.1, -0.05) is 50.6 Å². The molecule has 0 amide bonds. The molecule has 0 saturated carbocycles. The number of ether oxygens (including phenoxy) is 2. The van der Waals surface area contributed by atoms with Gasteiger partial charge >= 0.3 is 5.97 Å². The van der Waals surface area contributed by atoms with Gasteiger partial charge in [0.15, 0.2) is 0 Å². The standard InChI is InChI=1S/C28H38ClFN2O3/c1-26(2,3)15-22-28(16-31,19-14-17(34-7)12-13-21(19)30)23(18-10-8-9-11-20(18)29)24(32-22)25(33)35-27(4,5)6/h8-14,22-24,32H,15-16,31H2,1-7H3/t22-,23-,24+,28-/m0/s1. The fourth-order valence-electron chi connectivity index (χ4n) is 5.31. The second-order valence-corrected chi connectivity index (χ2v) is 12.0. The van der Waals surface area contributed by atoms with Gasteiger partial charge < -0.3 is 20.5 Å². The molecule has 1 saturated heterocycles. The highest BCUT2D eigenvalue weighted by Gasteiger charge is 2.60. The first-order chi connectivity index (χ1) is 16.2. The largest absolute Gasteiger partial charge is 0.497 e. The molecular weight excluding hydrogens is 467 g/mol. The van der Waals surface area contributed by atoms with Crippen molar-refractivity contribution in [2.75, 3.05) is 13.7 Å². The number of methoxy groups -OCH3 is 1. The van der Waals surface area contributed by atoms with E-state index >= 15 is 4.39 Å². The molecule has 1 aliphatic rings.